The Morgan fingerprint density at radius 2 is 2.08 bits per heavy atom. The highest BCUT2D eigenvalue weighted by Gasteiger charge is 2.16. The Bertz CT molecular complexity index is 879. The molecule has 2 aromatic heterocycles. The van der Waals surface area contributed by atoms with Crippen LogP contribution in [0.3, 0.4) is 0 Å². The monoisotopic (exact) mass is 342 g/mol. The van der Waals surface area contributed by atoms with Crippen LogP contribution in [0.4, 0.5) is 0 Å². The number of benzene rings is 1. The van der Waals surface area contributed by atoms with Crippen LogP contribution in [0.1, 0.15) is 27.3 Å². The first kappa shape index (κ1) is 16.7. The lowest BCUT2D eigenvalue weighted by Crippen LogP contribution is -2.30. The molecule has 0 aliphatic heterocycles. The maximum absolute atomic E-state index is 12.5. The highest BCUT2D eigenvalue weighted by molar-refractivity contribution is 7.09. The van der Waals surface area contributed by atoms with Gasteiger partial charge in [0.2, 0.25) is 5.91 Å². The average molecular weight is 342 g/mol. The van der Waals surface area contributed by atoms with Crippen LogP contribution in [0.25, 0.3) is 11.0 Å². The van der Waals surface area contributed by atoms with E-state index in [1.54, 1.807) is 22.5 Å². The molecule has 0 atom stereocenters. The van der Waals surface area contributed by atoms with Gasteiger partial charge in [0.15, 0.2) is 0 Å². The van der Waals surface area contributed by atoms with Crippen molar-refractivity contribution in [2.24, 2.45) is 0 Å². The predicted molar refractivity (Wildman–Crippen MR) is 97.6 cm³/mol. The van der Waals surface area contributed by atoms with E-state index >= 15 is 0 Å². The molecule has 0 radical (unpaired) electrons. The zero-order valence-electron chi connectivity index (χ0n) is 14.5. The van der Waals surface area contributed by atoms with Gasteiger partial charge in [0.05, 0.1) is 23.9 Å². The molecule has 2 heterocycles. The first-order valence-corrected chi connectivity index (χ1v) is 8.94. The summed E-state index contributed by atoms with van der Waals surface area (Å²) in [6.45, 7) is 6.83. The summed E-state index contributed by atoms with van der Waals surface area (Å²) in [4.78, 5) is 19.8. The average Bonchev–Trinajstić information content (AvgIpc) is 3.11. The summed E-state index contributed by atoms with van der Waals surface area (Å²) in [5.41, 5.74) is 7.07. The summed E-state index contributed by atoms with van der Waals surface area (Å²) >= 11 is 1.65. The highest BCUT2D eigenvalue weighted by atomic mass is 32.1. The van der Waals surface area contributed by atoms with Gasteiger partial charge in [-0.25, -0.2) is 4.98 Å². The maximum atomic E-state index is 12.5. The van der Waals surface area contributed by atoms with Crippen molar-refractivity contribution in [3.05, 3.63) is 51.2 Å². The number of thiazole rings is 1. The van der Waals surface area contributed by atoms with E-state index in [4.69, 9.17) is 4.42 Å². The molecule has 0 saturated heterocycles. The van der Waals surface area contributed by atoms with E-state index in [-0.39, 0.29) is 5.91 Å². The molecule has 0 aliphatic carbocycles. The maximum Gasteiger partial charge on any atom is 0.226 e. The van der Waals surface area contributed by atoms with Gasteiger partial charge in [-0.15, -0.1) is 11.3 Å². The van der Waals surface area contributed by atoms with Crippen molar-refractivity contribution in [2.45, 2.75) is 33.6 Å². The first-order chi connectivity index (χ1) is 11.5. The Morgan fingerprint density at radius 3 is 2.79 bits per heavy atom. The summed E-state index contributed by atoms with van der Waals surface area (Å²) in [5, 5.41) is 1.07. The van der Waals surface area contributed by atoms with Crippen molar-refractivity contribution in [2.75, 3.05) is 13.6 Å². The molecule has 0 bridgehead atoms. The summed E-state index contributed by atoms with van der Waals surface area (Å²) in [6.07, 6.45) is 2.94. The normalized spacial score (nSPS) is 11.2. The molecule has 126 valence electrons. The number of hydrogen-bond donors (Lipinski definition) is 0. The third kappa shape index (κ3) is 3.36. The zero-order chi connectivity index (χ0) is 17.3. The molecule has 0 saturated carbocycles. The molecule has 0 fully saturated rings. The summed E-state index contributed by atoms with van der Waals surface area (Å²) in [5.74, 6) is 0.111. The second-order valence-corrected chi connectivity index (χ2v) is 7.26. The van der Waals surface area contributed by atoms with Crippen LogP contribution in [0.2, 0.25) is 0 Å². The fraction of sp³-hybridized carbons (Fsp3) is 0.368. The molecule has 3 aromatic rings. The van der Waals surface area contributed by atoms with Crippen LogP contribution in [0, 0.1) is 20.8 Å². The molecule has 24 heavy (non-hydrogen) atoms. The third-order valence-electron chi connectivity index (χ3n) is 4.38. The zero-order valence-corrected chi connectivity index (χ0v) is 15.4. The number of amides is 1. The number of fused-ring (bicyclic) bond motifs is 1. The van der Waals surface area contributed by atoms with Gasteiger partial charge in [-0.2, -0.15) is 0 Å². The minimum absolute atomic E-state index is 0.111. The van der Waals surface area contributed by atoms with Crippen LogP contribution >= 0.6 is 11.3 Å². The molecule has 1 amide bonds. The Balaban J connectivity index is 1.69. The third-order valence-corrected chi connectivity index (χ3v) is 5.37. The van der Waals surface area contributed by atoms with Crippen LogP contribution in [-0.2, 0) is 17.6 Å². The highest BCUT2D eigenvalue weighted by Crippen LogP contribution is 2.27. The molecule has 0 N–H and O–H groups in total. The number of carbonyl (C=O) groups is 1. The number of likely N-dealkylation sites (N-methyl/N-ethyl adjacent to an activating group) is 1. The smallest absolute Gasteiger partial charge is 0.226 e. The number of hydrogen-bond acceptors (Lipinski definition) is 4. The number of carbonyl (C=O) groups excluding carboxylic acids is 1. The van der Waals surface area contributed by atoms with Crippen molar-refractivity contribution >= 4 is 28.2 Å². The van der Waals surface area contributed by atoms with E-state index in [9.17, 15) is 4.79 Å². The lowest BCUT2D eigenvalue weighted by molar-refractivity contribution is -0.129. The standard InChI is InChI=1S/C19H22N2O2S/c1-12-7-13(2)19-15(10-23-16(19)8-12)9-18(22)21(4)6-5-17-14(3)20-11-24-17/h7-8,10-11H,5-6,9H2,1-4H3. The van der Waals surface area contributed by atoms with E-state index in [2.05, 4.69) is 24.9 Å². The molecule has 5 heteroatoms. The molecule has 0 unspecified atom stereocenters. The Morgan fingerprint density at radius 1 is 1.29 bits per heavy atom. The second kappa shape index (κ2) is 6.77. The molecule has 4 nitrogen and oxygen atoms in total. The molecule has 3 rings (SSSR count). The number of nitrogens with zero attached hydrogens (tertiary/aromatic N) is 2. The summed E-state index contributed by atoms with van der Waals surface area (Å²) in [6, 6.07) is 4.15. The van der Waals surface area contributed by atoms with Crippen molar-refractivity contribution in [1.82, 2.24) is 9.88 Å². The van der Waals surface area contributed by atoms with Crippen molar-refractivity contribution in [1.29, 1.82) is 0 Å². The van der Waals surface area contributed by atoms with Crippen molar-refractivity contribution in [3.8, 4) is 0 Å². The lowest BCUT2D eigenvalue weighted by atomic mass is 10.0. The van der Waals surface area contributed by atoms with Gasteiger partial charge < -0.3 is 9.32 Å². The molecule has 0 aliphatic rings. The Hall–Kier alpha value is -2.14. The van der Waals surface area contributed by atoms with Crippen LogP contribution in [0.15, 0.2) is 28.3 Å². The van der Waals surface area contributed by atoms with E-state index in [1.807, 2.05) is 25.5 Å². The predicted octanol–water partition coefficient (Wildman–Crippen LogP) is 4.06. The largest absolute Gasteiger partial charge is 0.464 e. The fourth-order valence-corrected chi connectivity index (χ4v) is 3.79. The van der Waals surface area contributed by atoms with Crippen LogP contribution < -0.4 is 0 Å². The Labute approximate surface area is 146 Å². The van der Waals surface area contributed by atoms with Crippen LogP contribution in [-0.4, -0.2) is 29.4 Å². The molecular weight excluding hydrogens is 320 g/mol. The van der Waals surface area contributed by atoms with E-state index in [1.165, 1.54) is 10.4 Å². The molecule has 1 aromatic carbocycles. The van der Waals surface area contributed by atoms with Gasteiger partial charge in [-0.3, -0.25) is 4.79 Å². The SMILES string of the molecule is Cc1cc(C)c2c(CC(=O)N(C)CCc3scnc3C)coc2c1. The summed E-state index contributed by atoms with van der Waals surface area (Å²) < 4.78 is 5.65. The molecular formula is C19H22N2O2S. The van der Waals surface area contributed by atoms with Gasteiger partial charge in [0, 0.05) is 35.8 Å². The minimum Gasteiger partial charge on any atom is -0.464 e. The minimum atomic E-state index is 0.111. The topological polar surface area (TPSA) is 46.3 Å². The quantitative estimate of drug-likeness (QED) is 0.702. The first-order valence-electron chi connectivity index (χ1n) is 8.06. The summed E-state index contributed by atoms with van der Waals surface area (Å²) in [7, 11) is 1.86. The van der Waals surface area contributed by atoms with Gasteiger partial charge in [0.25, 0.3) is 0 Å². The number of rotatable bonds is 5. The van der Waals surface area contributed by atoms with Crippen molar-refractivity contribution in [3.63, 3.8) is 0 Å². The van der Waals surface area contributed by atoms with Gasteiger partial charge in [-0.1, -0.05) is 6.07 Å². The number of furan rings is 1. The van der Waals surface area contributed by atoms with Crippen LogP contribution in [0.5, 0.6) is 0 Å². The second-order valence-electron chi connectivity index (χ2n) is 6.32. The van der Waals surface area contributed by atoms with Gasteiger partial charge in [0.1, 0.15) is 5.58 Å². The Kier molecular flexibility index (Phi) is 4.71. The van der Waals surface area contributed by atoms with Crippen molar-refractivity contribution < 1.29 is 9.21 Å². The molecule has 0 spiro atoms. The fourth-order valence-electron chi connectivity index (χ4n) is 3.01. The van der Waals surface area contributed by atoms with Gasteiger partial charge in [-0.05, 0) is 38.0 Å². The lowest BCUT2D eigenvalue weighted by Gasteiger charge is -2.16. The van der Waals surface area contributed by atoms with Gasteiger partial charge >= 0.3 is 0 Å². The van der Waals surface area contributed by atoms with E-state index < -0.39 is 0 Å². The van der Waals surface area contributed by atoms with E-state index in [0.717, 1.165) is 34.2 Å². The number of aromatic nitrogens is 1. The van der Waals surface area contributed by atoms with E-state index in [0.29, 0.717) is 13.0 Å². The number of aryl methyl sites for hydroxylation is 3.